The summed E-state index contributed by atoms with van der Waals surface area (Å²) < 4.78 is 15.0. The summed E-state index contributed by atoms with van der Waals surface area (Å²) >= 11 is 0. The van der Waals surface area contributed by atoms with Gasteiger partial charge in [0.15, 0.2) is 5.65 Å². The zero-order valence-corrected chi connectivity index (χ0v) is 14.0. The van der Waals surface area contributed by atoms with E-state index in [0.29, 0.717) is 12.0 Å². The predicted octanol–water partition coefficient (Wildman–Crippen LogP) is 3.79. The van der Waals surface area contributed by atoms with Crippen LogP contribution >= 0.6 is 0 Å². The second-order valence-electron chi connectivity index (χ2n) is 6.60. The number of carbonyl (C=O) groups is 1. The highest BCUT2D eigenvalue weighted by molar-refractivity contribution is 5.92. The van der Waals surface area contributed by atoms with Gasteiger partial charge in [-0.05, 0) is 55.5 Å². The molecule has 2 heterocycles. The molecule has 0 radical (unpaired) electrons. The molecule has 4 rings (SSSR count). The first-order valence-corrected chi connectivity index (χ1v) is 8.49. The molecule has 3 aromatic rings. The molecule has 1 N–H and O–H groups in total. The molecule has 1 aliphatic rings. The maximum absolute atomic E-state index is 13.0. The average molecular weight is 338 g/mol. The van der Waals surface area contributed by atoms with Crippen LogP contribution in [0.15, 0.2) is 36.5 Å². The van der Waals surface area contributed by atoms with E-state index in [1.807, 2.05) is 23.8 Å². The third kappa shape index (κ3) is 3.12. The molecule has 128 valence electrons. The van der Waals surface area contributed by atoms with Gasteiger partial charge >= 0.3 is 0 Å². The Morgan fingerprint density at radius 2 is 2.08 bits per heavy atom. The largest absolute Gasteiger partial charge is 0.296 e. The zero-order chi connectivity index (χ0) is 17.4. The summed E-state index contributed by atoms with van der Waals surface area (Å²) in [4.78, 5) is 21.5. The summed E-state index contributed by atoms with van der Waals surface area (Å²) in [6.45, 7) is 1.97. The zero-order valence-electron chi connectivity index (χ0n) is 14.0. The number of pyridine rings is 1. The van der Waals surface area contributed by atoms with E-state index in [9.17, 15) is 9.18 Å². The van der Waals surface area contributed by atoms with E-state index in [1.54, 1.807) is 12.1 Å². The number of benzene rings is 1. The molecular formula is C19H19FN4O. The molecule has 1 amide bonds. The van der Waals surface area contributed by atoms with Gasteiger partial charge in [-0.3, -0.25) is 14.7 Å². The van der Waals surface area contributed by atoms with Crippen molar-refractivity contribution in [1.29, 1.82) is 0 Å². The minimum Gasteiger partial charge on any atom is -0.296 e. The molecule has 1 fully saturated rings. The number of imidazole rings is 1. The van der Waals surface area contributed by atoms with E-state index in [-0.39, 0.29) is 18.1 Å². The Labute approximate surface area is 144 Å². The van der Waals surface area contributed by atoms with Crippen LogP contribution in [0.2, 0.25) is 0 Å². The highest BCUT2D eigenvalue weighted by atomic mass is 19.1. The van der Waals surface area contributed by atoms with Crippen LogP contribution in [-0.2, 0) is 11.2 Å². The Balaban J connectivity index is 1.61. The number of anilines is 1. The van der Waals surface area contributed by atoms with Crippen molar-refractivity contribution in [2.75, 3.05) is 5.32 Å². The summed E-state index contributed by atoms with van der Waals surface area (Å²) in [7, 11) is 0. The lowest BCUT2D eigenvalue weighted by Gasteiger charge is -2.28. The van der Waals surface area contributed by atoms with E-state index in [0.717, 1.165) is 35.1 Å². The summed E-state index contributed by atoms with van der Waals surface area (Å²) in [6, 6.07) is 8.27. The van der Waals surface area contributed by atoms with Crippen molar-refractivity contribution < 1.29 is 9.18 Å². The topological polar surface area (TPSA) is 59.8 Å². The first-order valence-electron chi connectivity index (χ1n) is 8.49. The lowest BCUT2D eigenvalue weighted by molar-refractivity contribution is -0.115. The molecule has 0 atom stereocenters. The number of aromatic nitrogens is 3. The van der Waals surface area contributed by atoms with Crippen molar-refractivity contribution in [2.24, 2.45) is 0 Å². The van der Waals surface area contributed by atoms with Crippen LogP contribution in [0.4, 0.5) is 10.3 Å². The molecule has 0 bridgehead atoms. The number of carbonyl (C=O) groups excluding carboxylic acids is 1. The summed E-state index contributed by atoms with van der Waals surface area (Å²) in [5.74, 6) is 0.0708. The molecule has 25 heavy (non-hydrogen) atoms. The summed E-state index contributed by atoms with van der Waals surface area (Å²) in [5, 5.41) is 2.91. The number of nitrogens with zero attached hydrogens (tertiary/aromatic N) is 3. The van der Waals surface area contributed by atoms with Crippen LogP contribution in [0.3, 0.4) is 0 Å². The minimum absolute atomic E-state index is 0.167. The molecule has 1 aromatic carbocycles. The van der Waals surface area contributed by atoms with Gasteiger partial charge in [0.25, 0.3) is 0 Å². The highest BCUT2D eigenvalue weighted by Crippen LogP contribution is 2.36. The smallest absolute Gasteiger partial charge is 0.231 e. The molecular weight excluding hydrogens is 319 g/mol. The van der Waals surface area contributed by atoms with Gasteiger partial charge in [0.05, 0.1) is 6.42 Å². The minimum atomic E-state index is -0.308. The number of halogens is 1. The third-order valence-corrected chi connectivity index (χ3v) is 4.64. The number of amides is 1. The van der Waals surface area contributed by atoms with Crippen molar-refractivity contribution in [3.05, 3.63) is 53.5 Å². The average Bonchev–Trinajstić information content (AvgIpc) is 2.85. The van der Waals surface area contributed by atoms with Gasteiger partial charge in [0.2, 0.25) is 11.9 Å². The van der Waals surface area contributed by atoms with Crippen LogP contribution in [0.5, 0.6) is 0 Å². The van der Waals surface area contributed by atoms with Crippen molar-refractivity contribution in [1.82, 2.24) is 14.5 Å². The van der Waals surface area contributed by atoms with E-state index in [4.69, 9.17) is 0 Å². The number of fused-ring (bicyclic) bond motifs is 1. The molecule has 1 saturated carbocycles. The van der Waals surface area contributed by atoms with Gasteiger partial charge in [-0.2, -0.15) is 0 Å². The second-order valence-corrected chi connectivity index (χ2v) is 6.60. The van der Waals surface area contributed by atoms with Crippen molar-refractivity contribution in [3.8, 4) is 0 Å². The molecule has 1 aliphatic carbocycles. The first-order chi connectivity index (χ1) is 12.1. The Morgan fingerprint density at radius 1 is 1.32 bits per heavy atom. The Morgan fingerprint density at radius 3 is 2.76 bits per heavy atom. The van der Waals surface area contributed by atoms with Gasteiger partial charge in [-0.25, -0.2) is 14.4 Å². The monoisotopic (exact) mass is 338 g/mol. The third-order valence-electron chi connectivity index (χ3n) is 4.64. The van der Waals surface area contributed by atoms with Gasteiger partial charge in [-0.1, -0.05) is 12.1 Å². The second kappa shape index (κ2) is 6.27. The number of aryl methyl sites for hydroxylation is 1. The fraction of sp³-hybridized carbons (Fsp3) is 0.316. The van der Waals surface area contributed by atoms with Crippen LogP contribution < -0.4 is 5.32 Å². The molecule has 6 heteroatoms. The lowest BCUT2D eigenvalue weighted by atomic mass is 9.93. The SMILES string of the molecule is Cc1cnc2c(c1)nc(NC(=O)Cc1ccc(F)cc1)n2C1CCC1. The maximum Gasteiger partial charge on any atom is 0.231 e. The molecule has 0 spiro atoms. The van der Waals surface area contributed by atoms with Crippen LogP contribution in [0.25, 0.3) is 11.2 Å². The number of rotatable bonds is 4. The van der Waals surface area contributed by atoms with Crippen molar-refractivity contribution >= 4 is 23.0 Å². The fourth-order valence-corrected chi connectivity index (χ4v) is 3.12. The lowest BCUT2D eigenvalue weighted by Crippen LogP contribution is -2.23. The Hall–Kier alpha value is -2.76. The fourth-order valence-electron chi connectivity index (χ4n) is 3.12. The Kier molecular flexibility index (Phi) is 3.95. The molecule has 0 aliphatic heterocycles. The maximum atomic E-state index is 13.0. The number of nitrogens with one attached hydrogen (secondary N) is 1. The van der Waals surface area contributed by atoms with Gasteiger partial charge in [0.1, 0.15) is 11.3 Å². The molecule has 2 aromatic heterocycles. The molecule has 0 unspecified atom stereocenters. The van der Waals surface area contributed by atoms with Crippen LogP contribution in [0, 0.1) is 12.7 Å². The molecule has 5 nitrogen and oxygen atoms in total. The van der Waals surface area contributed by atoms with Crippen molar-refractivity contribution in [2.45, 2.75) is 38.6 Å². The standard InChI is InChI=1S/C19H19FN4O/c1-12-9-16-18(21-11-12)24(15-3-2-4-15)19(22-16)23-17(25)10-13-5-7-14(20)8-6-13/h5-9,11,15H,2-4,10H2,1H3,(H,22,23,25). The van der Waals surface area contributed by atoms with E-state index >= 15 is 0 Å². The number of hydrogen-bond donors (Lipinski definition) is 1. The van der Waals surface area contributed by atoms with E-state index in [1.165, 1.54) is 18.6 Å². The number of hydrogen-bond acceptors (Lipinski definition) is 3. The predicted molar refractivity (Wildman–Crippen MR) is 93.9 cm³/mol. The summed E-state index contributed by atoms with van der Waals surface area (Å²) in [6.07, 6.45) is 5.33. The van der Waals surface area contributed by atoms with E-state index in [2.05, 4.69) is 15.3 Å². The first kappa shape index (κ1) is 15.7. The Bertz CT molecular complexity index is 928. The van der Waals surface area contributed by atoms with E-state index < -0.39 is 0 Å². The normalized spacial score (nSPS) is 14.5. The van der Waals surface area contributed by atoms with Crippen molar-refractivity contribution in [3.63, 3.8) is 0 Å². The molecule has 0 saturated heterocycles. The van der Waals surface area contributed by atoms with Crippen LogP contribution in [-0.4, -0.2) is 20.4 Å². The van der Waals surface area contributed by atoms with Crippen LogP contribution in [0.1, 0.15) is 36.4 Å². The van der Waals surface area contributed by atoms with Gasteiger partial charge in [0, 0.05) is 12.2 Å². The van der Waals surface area contributed by atoms with Gasteiger partial charge in [-0.15, -0.1) is 0 Å². The summed E-state index contributed by atoms with van der Waals surface area (Å²) in [5.41, 5.74) is 3.41. The van der Waals surface area contributed by atoms with Gasteiger partial charge < -0.3 is 0 Å². The quantitative estimate of drug-likeness (QED) is 0.787. The highest BCUT2D eigenvalue weighted by Gasteiger charge is 2.26.